The van der Waals surface area contributed by atoms with Crippen molar-refractivity contribution in [3.8, 4) is 28.3 Å². The summed E-state index contributed by atoms with van der Waals surface area (Å²) in [5, 5.41) is 21.6. The molecule has 4 aromatic rings. The van der Waals surface area contributed by atoms with Gasteiger partial charge in [0.1, 0.15) is 11.3 Å². The lowest BCUT2D eigenvalue weighted by Gasteiger charge is -2.29. The average molecular weight is 754 g/mol. The zero-order valence-corrected chi connectivity index (χ0v) is 31.9. The van der Waals surface area contributed by atoms with Gasteiger partial charge in [0.25, 0.3) is 0 Å². The van der Waals surface area contributed by atoms with E-state index in [4.69, 9.17) is 37.9 Å². The van der Waals surface area contributed by atoms with Gasteiger partial charge in [0, 0.05) is 52.7 Å². The Kier molecular flexibility index (Phi) is 13.8. The molecule has 4 N–H and O–H groups in total. The van der Waals surface area contributed by atoms with Gasteiger partial charge in [-0.1, -0.05) is 53.5 Å². The molecule has 2 aromatic carbocycles. The van der Waals surface area contributed by atoms with Crippen LogP contribution in [0.25, 0.3) is 22.4 Å². The minimum Gasteiger partial charge on any atom is -0.481 e. The third kappa shape index (κ3) is 9.65. The molecule has 1 saturated heterocycles. The molecular weight excluding hydrogens is 707 g/mol. The number of likely N-dealkylation sites (N-methyl/N-ethyl adjacent to an activating group) is 1. The molecular formula is C38H46Cl2N6O4S. The molecule has 0 saturated carbocycles. The Morgan fingerprint density at radius 1 is 1.08 bits per heavy atom. The van der Waals surface area contributed by atoms with Crippen molar-refractivity contribution < 1.29 is 19.4 Å². The van der Waals surface area contributed by atoms with E-state index in [0.717, 1.165) is 81.4 Å². The molecule has 5 rings (SSSR count). The van der Waals surface area contributed by atoms with Crippen molar-refractivity contribution in [1.82, 2.24) is 25.5 Å². The van der Waals surface area contributed by atoms with Crippen LogP contribution in [-0.4, -0.2) is 72.1 Å². The summed E-state index contributed by atoms with van der Waals surface area (Å²) in [6.07, 6.45) is 3.58. The van der Waals surface area contributed by atoms with Crippen molar-refractivity contribution >= 4 is 52.5 Å². The number of carbonyl (C=O) groups excluding carboxylic acids is 1. The van der Waals surface area contributed by atoms with E-state index in [-0.39, 0.29) is 12.0 Å². The fourth-order valence-electron chi connectivity index (χ4n) is 6.42. The van der Waals surface area contributed by atoms with E-state index in [1.807, 2.05) is 56.4 Å². The van der Waals surface area contributed by atoms with Gasteiger partial charge in [-0.3, -0.25) is 9.69 Å². The maximum atomic E-state index is 11.3. The number of aldehydes is 1. The van der Waals surface area contributed by atoms with Crippen molar-refractivity contribution in [3.63, 3.8) is 0 Å². The number of hydrogen-bond acceptors (Lipinski definition) is 10. The van der Waals surface area contributed by atoms with Crippen LogP contribution in [-0.2, 0) is 29.2 Å². The summed E-state index contributed by atoms with van der Waals surface area (Å²) in [7, 11) is 3.52. The number of benzene rings is 2. The summed E-state index contributed by atoms with van der Waals surface area (Å²) < 4.78 is 5.74. The lowest BCUT2D eigenvalue weighted by atomic mass is 9.97. The number of thiazole rings is 1. The molecule has 13 heteroatoms. The fraction of sp³-hybridized carbons (Fsp3) is 0.421. The molecule has 10 nitrogen and oxygen atoms in total. The first kappa shape index (κ1) is 38.6. The number of carbonyl (C=O) groups is 2. The zero-order valence-electron chi connectivity index (χ0n) is 29.5. The van der Waals surface area contributed by atoms with Gasteiger partial charge in [0.15, 0.2) is 0 Å². The van der Waals surface area contributed by atoms with Gasteiger partial charge in [-0.05, 0) is 70.9 Å². The molecule has 1 aliphatic rings. The number of likely N-dealkylation sites (tertiary alicyclic amines) is 1. The number of halogens is 2. The number of pyridine rings is 1. The Bertz CT molecular complexity index is 1830. The highest BCUT2D eigenvalue weighted by molar-refractivity contribution is 7.11. The van der Waals surface area contributed by atoms with E-state index in [9.17, 15) is 14.7 Å². The van der Waals surface area contributed by atoms with Crippen LogP contribution < -0.4 is 20.7 Å². The number of ether oxygens (including phenoxy) is 1. The number of hydrogen-bond donors (Lipinski definition) is 4. The van der Waals surface area contributed by atoms with Crippen molar-refractivity contribution in [3.05, 3.63) is 79.2 Å². The molecule has 51 heavy (non-hydrogen) atoms. The Labute approximate surface area is 313 Å². The lowest BCUT2D eigenvalue weighted by molar-refractivity contribution is -0.143. The maximum Gasteiger partial charge on any atom is 0.306 e. The number of carboxylic acid groups (broad SMARTS) is 1. The number of methoxy groups -OCH3 is 1. The first-order valence-corrected chi connectivity index (χ1v) is 18.8. The molecule has 0 spiro atoms. The van der Waals surface area contributed by atoms with E-state index in [0.29, 0.717) is 60.5 Å². The molecule has 0 bridgehead atoms. The van der Waals surface area contributed by atoms with E-state index >= 15 is 0 Å². The number of piperidine rings is 1. The summed E-state index contributed by atoms with van der Waals surface area (Å²) in [5.74, 6) is -0.415. The molecule has 2 aromatic heterocycles. The average Bonchev–Trinajstić information content (AvgIpc) is 3.48. The van der Waals surface area contributed by atoms with Crippen LogP contribution in [0.3, 0.4) is 0 Å². The topological polar surface area (TPSA) is 129 Å². The van der Waals surface area contributed by atoms with Crippen LogP contribution in [0.15, 0.2) is 42.5 Å². The molecule has 0 amide bonds. The maximum absolute atomic E-state index is 11.3. The van der Waals surface area contributed by atoms with E-state index in [2.05, 4.69) is 27.8 Å². The smallest absolute Gasteiger partial charge is 0.306 e. The highest BCUT2D eigenvalue weighted by atomic mass is 35.5. The van der Waals surface area contributed by atoms with Gasteiger partial charge in [0.05, 0.1) is 53.2 Å². The number of nitrogens with one attached hydrogen (secondary N) is 3. The van der Waals surface area contributed by atoms with E-state index in [1.165, 1.54) is 0 Å². The molecule has 0 aliphatic carbocycles. The van der Waals surface area contributed by atoms with Gasteiger partial charge in [0.2, 0.25) is 5.88 Å². The lowest BCUT2D eigenvalue weighted by Crippen LogP contribution is -2.36. The van der Waals surface area contributed by atoms with Crippen molar-refractivity contribution in [2.45, 2.75) is 65.2 Å². The summed E-state index contributed by atoms with van der Waals surface area (Å²) in [6, 6.07) is 13.9. The Hall–Kier alpha value is -3.58. The summed E-state index contributed by atoms with van der Waals surface area (Å²) in [5.41, 5.74) is 6.78. The first-order chi connectivity index (χ1) is 24.6. The first-order valence-electron chi connectivity index (χ1n) is 17.2. The number of aliphatic carboxylic acids is 1. The highest BCUT2D eigenvalue weighted by Gasteiger charge is 2.25. The Balaban J connectivity index is 1.29. The molecule has 1 fully saturated rings. The van der Waals surface area contributed by atoms with Gasteiger partial charge in [-0.15, -0.1) is 11.3 Å². The number of aromatic nitrogens is 2. The van der Waals surface area contributed by atoms with Gasteiger partial charge in [-0.25, -0.2) is 9.97 Å². The van der Waals surface area contributed by atoms with Gasteiger partial charge < -0.3 is 30.6 Å². The van der Waals surface area contributed by atoms with Crippen LogP contribution in [0.4, 0.5) is 5.69 Å². The van der Waals surface area contributed by atoms with E-state index in [1.54, 1.807) is 18.4 Å². The van der Waals surface area contributed by atoms with Crippen LogP contribution in [0, 0.1) is 19.8 Å². The van der Waals surface area contributed by atoms with Crippen molar-refractivity contribution in [2.24, 2.45) is 5.92 Å². The quantitative estimate of drug-likeness (QED) is 0.0812. The van der Waals surface area contributed by atoms with Crippen molar-refractivity contribution in [1.29, 1.82) is 0 Å². The molecule has 3 heterocycles. The standard InChI is InChI=1S/C38H46Cl2N6O4S/c1-23-18-32(45-37(50-4)30(23)20-42-19-26(41-3)8-7-17-47)29-11-5-9-27(35(29)39)28-10-6-12-31(36(28)40)43-21-33-24(2)51-34(44-33)22-46-15-13-25(14-16-46)38(48)49/h5-6,9-12,17-18,25-26,41-43H,7-8,13-16,19-22H2,1-4H3,(H,48,49)/t26-/m0/s1. The fourth-order valence-corrected chi connectivity index (χ4v) is 8.03. The number of carboxylic acids is 1. The molecule has 1 atom stereocenters. The molecule has 0 radical (unpaired) electrons. The highest BCUT2D eigenvalue weighted by Crippen LogP contribution is 2.42. The third-order valence-electron chi connectivity index (χ3n) is 9.48. The predicted molar refractivity (Wildman–Crippen MR) is 206 cm³/mol. The second kappa shape index (κ2) is 18.3. The summed E-state index contributed by atoms with van der Waals surface area (Å²) in [6.45, 7) is 8.16. The molecule has 0 unspecified atom stereocenters. The third-order valence-corrected chi connectivity index (χ3v) is 11.3. The van der Waals surface area contributed by atoms with Crippen LogP contribution in [0.5, 0.6) is 5.88 Å². The Morgan fingerprint density at radius 2 is 1.78 bits per heavy atom. The summed E-state index contributed by atoms with van der Waals surface area (Å²) >= 11 is 15.8. The van der Waals surface area contributed by atoms with Crippen LogP contribution in [0.2, 0.25) is 10.0 Å². The Morgan fingerprint density at radius 3 is 2.47 bits per heavy atom. The largest absolute Gasteiger partial charge is 0.481 e. The molecule has 1 aliphatic heterocycles. The number of anilines is 1. The minimum absolute atomic E-state index is 0.188. The second-order valence-corrected chi connectivity index (χ2v) is 14.9. The number of nitrogens with zero attached hydrogens (tertiary/aromatic N) is 3. The molecule has 272 valence electrons. The van der Waals surface area contributed by atoms with E-state index < -0.39 is 5.97 Å². The van der Waals surface area contributed by atoms with Crippen LogP contribution >= 0.6 is 34.5 Å². The second-order valence-electron chi connectivity index (χ2n) is 12.9. The van der Waals surface area contributed by atoms with Gasteiger partial charge in [-0.2, -0.15) is 0 Å². The van der Waals surface area contributed by atoms with Gasteiger partial charge >= 0.3 is 5.97 Å². The van der Waals surface area contributed by atoms with Crippen molar-refractivity contribution in [2.75, 3.05) is 39.1 Å². The zero-order chi connectivity index (χ0) is 36.5. The van der Waals surface area contributed by atoms with Crippen LogP contribution in [0.1, 0.15) is 52.4 Å². The minimum atomic E-state index is -0.698. The monoisotopic (exact) mass is 752 g/mol. The predicted octanol–water partition coefficient (Wildman–Crippen LogP) is 7.37. The number of aryl methyl sites for hydroxylation is 2. The SMILES string of the molecule is CN[C@@H](CCC=O)CNCc1c(C)cc(-c2cccc(-c3cccc(NCc4nc(CN5CCC(C(=O)O)CC5)sc4C)c3Cl)c2Cl)nc1OC. The number of rotatable bonds is 17. The summed E-state index contributed by atoms with van der Waals surface area (Å²) in [4.78, 5) is 35.3. The normalized spacial score (nSPS) is 14.4.